The summed E-state index contributed by atoms with van der Waals surface area (Å²) in [5, 5.41) is 13.2. The van der Waals surface area contributed by atoms with Crippen LogP contribution in [0.1, 0.15) is 50.4 Å². The van der Waals surface area contributed by atoms with Crippen molar-refractivity contribution in [2.45, 2.75) is 44.8 Å². The lowest BCUT2D eigenvalue weighted by molar-refractivity contribution is 0.00578. The number of alkyl carbamates (subject to hydrolysis) is 1. The number of hydrogen-bond donors (Lipinski definition) is 2. The fourth-order valence-corrected chi connectivity index (χ4v) is 5.07. The van der Waals surface area contributed by atoms with E-state index in [0.717, 1.165) is 11.1 Å². The summed E-state index contributed by atoms with van der Waals surface area (Å²) in [4.78, 5) is 17.2. The molecule has 1 saturated heterocycles. The molecule has 2 N–H and O–H groups in total. The molecule has 0 unspecified atom stereocenters. The Kier molecular flexibility index (Phi) is 7.11. The van der Waals surface area contributed by atoms with Crippen molar-refractivity contribution in [3.8, 4) is 16.9 Å². The average Bonchev–Trinajstić information content (AvgIpc) is 3.31. The van der Waals surface area contributed by atoms with Gasteiger partial charge in [0, 0.05) is 12.5 Å². The normalized spacial score (nSPS) is 17.7. The summed E-state index contributed by atoms with van der Waals surface area (Å²) < 4.78 is 18.7. The molecule has 7 nitrogen and oxygen atoms in total. The second kappa shape index (κ2) is 10.2. The number of nitrogens with zero attached hydrogens (tertiary/aromatic N) is 1. The number of halogens is 1. The Hall–Kier alpha value is -3.14. The molecule has 0 radical (unpaired) electrons. The van der Waals surface area contributed by atoms with Crippen LogP contribution in [0, 0.1) is 0 Å². The number of amides is 1. The van der Waals surface area contributed by atoms with Gasteiger partial charge in [-0.2, -0.15) is 0 Å². The first kappa shape index (κ1) is 26.5. The molecule has 2 heterocycles. The predicted octanol–water partition coefficient (Wildman–Crippen LogP) is 6.10. The zero-order valence-corrected chi connectivity index (χ0v) is 23.4. The van der Waals surface area contributed by atoms with Crippen LogP contribution < -0.4 is 5.32 Å². The first-order valence-electron chi connectivity index (χ1n) is 12.6. The van der Waals surface area contributed by atoms with E-state index in [2.05, 4.69) is 50.5 Å². The molecule has 1 aliphatic carbocycles. The summed E-state index contributed by atoms with van der Waals surface area (Å²) in [5.41, 5.74) is 4.41. The Morgan fingerprint density at radius 3 is 2.21 bits per heavy atom. The number of rotatable bonds is 6. The number of aromatic nitrogens is 1. The van der Waals surface area contributed by atoms with Crippen LogP contribution in [0.2, 0.25) is 0 Å². The number of benzene rings is 2. The van der Waals surface area contributed by atoms with Crippen molar-refractivity contribution < 1.29 is 23.9 Å². The third kappa shape index (κ3) is 5.10. The van der Waals surface area contributed by atoms with Crippen molar-refractivity contribution in [3.05, 3.63) is 87.6 Å². The van der Waals surface area contributed by atoms with Gasteiger partial charge in [-0.3, -0.25) is 0 Å². The van der Waals surface area contributed by atoms with Crippen LogP contribution in [0.3, 0.4) is 0 Å². The predicted molar refractivity (Wildman–Crippen MR) is 151 cm³/mol. The molecule has 38 heavy (non-hydrogen) atoms. The third-order valence-electron chi connectivity index (χ3n) is 7.53. The van der Waals surface area contributed by atoms with E-state index in [1.54, 1.807) is 18.2 Å². The number of carbonyl (C=O) groups is 1. The minimum atomic E-state index is -0.742. The molecule has 9 heteroatoms. The first-order valence-corrected chi connectivity index (χ1v) is 13.4. The minimum absolute atomic E-state index is 0.00311. The zero-order chi connectivity index (χ0) is 27.1. The Morgan fingerprint density at radius 2 is 1.61 bits per heavy atom. The second-order valence-corrected chi connectivity index (χ2v) is 11.3. The van der Waals surface area contributed by atoms with Crippen LogP contribution >= 0.6 is 15.9 Å². The van der Waals surface area contributed by atoms with E-state index in [-0.39, 0.29) is 24.8 Å². The van der Waals surface area contributed by atoms with E-state index in [4.69, 9.17) is 14.0 Å². The molecule has 196 valence electrons. The summed E-state index contributed by atoms with van der Waals surface area (Å²) in [6, 6.07) is 19.6. The Morgan fingerprint density at radius 1 is 1.03 bits per heavy atom. The average molecular weight is 577 g/mol. The smallest absolute Gasteiger partial charge is 0.492 e. The number of pyridine rings is 1. The molecule has 2 aromatic carbocycles. The topological polar surface area (TPSA) is 89.9 Å². The van der Waals surface area contributed by atoms with Crippen LogP contribution in [0.4, 0.5) is 4.79 Å². The first-order chi connectivity index (χ1) is 18.1. The van der Waals surface area contributed by atoms with E-state index in [9.17, 15) is 9.90 Å². The maximum atomic E-state index is 12.9. The number of fused-ring (bicyclic) bond motifs is 3. The number of carbonyl (C=O) groups excluding carboxylic acids is 1. The number of ether oxygens (including phenoxy) is 1. The third-order valence-corrected chi connectivity index (χ3v) is 7.97. The fraction of sp³-hybridized carbons (Fsp3) is 0.310. The Balaban J connectivity index is 1.31. The molecule has 0 atom stereocenters. The van der Waals surface area contributed by atoms with Crippen LogP contribution in [0.25, 0.3) is 17.2 Å². The van der Waals surface area contributed by atoms with Gasteiger partial charge in [0.05, 0.1) is 11.2 Å². The van der Waals surface area contributed by atoms with Gasteiger partial charge in [-0.05, 0) is 89.6 Å². The van der Waals surface area contributed by atoms with Gasteiger partial charge in [0.15, 0.2) is 0 Å². The minimum Gasteiger partial charge on any atom is -0.506 e. The SMILES string of the molecule is CC1(C)OB(C(=Cc2nc(Br)ccc2O)CNC(=O)OCC2c3ccccc3-c3ccccc32)OC1(C)C. The van der Waals surface area contributed by atoms with Crippen molar-refractivity contribution in [2.75, 3.05) is 13.2 Å². The van der Waals surface area contributed by atoms with E-state index < -0.39 is 24.4 Å². The highest BCUT2D eigenvalue weighted by Gasteiger charge is 2.52. The van der Waals surface area contributed by atoms with Crippen LogP contribution in [0.15, 0.2) is 70.7 Å². The summed E-state index contributed by atoms with van der Waals surface area (Å²) >= 11 is 3.34. The Bertz CT molecular complexity index is 1350. The Labute approximate surface area is 231 Å². The van der Waals surface area contributed by atoms with Gasteiger partial charge in [-0.15, -0.1) is 0 Å². The van der Waals surface area contributed by atoms with Gasteiger partial charge in [0.1, 0.15) is 22.7 Å². The molecule has 3 aromatic rings. The summed E-state index contributed by atoms with van der Waals surface area (Å²) in [6.45, 7) is 8.12. The van der Waals surface area contributed by atoms with Crippen molar-refractivity contribution in [1.29, 1.82) is 0 Å². The van der Waals surface area contributed by atoms with E-state index in [1.807, 2.05) is 52.0 Å². The molecular formula is C29H30BBrN2O5. The second-order valence-electron chi connectivity index (χ2n) is 10.5. The van der Waals surface area contributed by atoms with Crippen molar-refractivity contribution in [2.24, 2.45) is 0 Å². The quantitative estimate of drug-likeness (QED) is 0.272. The molecule has 0 saturated carbocycles. The van der Waals surface area contributed by atoms with E-state index in [0.29, 0.717) is 15.8 Å². The fourth-order valence-electron chi connectivity index (χ4n) is 4.75. The molecule has 1 aromatic heterocycles. The standard InChI is InChI=1S/C29H30BBrN2O5/c1-28(2)29(3,4)38-30(37-28)18(15-24-25(34)13-14-26(31)33-24)16-32-27(35)36-17-23-21-11-7-5-9-19(21)20-10-6-8-12-22(20)23/h5-15,23,34H,16-17H2,1-4H3,(H,32,35). The number of aromatic hydroxyl groups is 1. The molecule has 1 fully saturated rings. The van der Waals surface area contributed by atoms with Gasteiger partial charge in [0.2, 0.25) is 0 Å². The van der Waals surface area contributed by atoms with E-state index in [1.165, 1.54) is 11.1 Å². The van der Waals surface area contributed by atoms with Crippen molar-refractivity contribution >= 4 is 35.2 Å². The highest BCUT2D eigenvalue weighted by Crippen LogP contribution is 2.44. The molecule has 5 rings (SSSR count). The molecule has 2 aliphatic rings. The van der Waals surface area contributed by atoms with Gasteiger partial charge < -0.3 is 24.5 Å². The zero-order valence-electron chi connectivity index (χ0n) is 21.8. The largest absolute Gasteiger partial charge is 0.506 e. The molecule has 1 amide bonds. The maximum absolute atomic E-state index is 12.9. The molecule has 1 aliphatic heterocycles. The van der Waals surface area contributed by atoms with Crippen LogP contribution in [-0.4, -0.2) is 47.7 Å². The molecule has 0 spiro atoms. The lowest BCUT2D eigenvalue weighted by Crippen LogP contribution is -2.41. The molecular weight excluding hydrogens is 547 g/mol. The summed E-state index contributed by atoms with van der Waals surface area (Å²) in [6.07, 6.45) is 1.12. The highest BCUT2D eigenvalue weighted by atomic mass is 79.9. The van der Waals surface area contributed by atoms with Crippen molar-refractivity contribution in [3.63, 3.8) is 0 Å². The van der Waals surface area contributed by atoms with E-state index >= 15 is 0 Å². The summed E-state index contributed by atoms with van der Waals surface area (Å²) in [5.74, 6) is -0.0302. The lowest BCUT2D eigenvalue weighted by Gasteiger charge is -2.32. The van der Waals surface area contributed by atoms with Crippen LogP contribution in [-0.2, 0) is 14.0 Å². The van der Waals surface area contributed by atoms with Gasteiger partial charge in [-0.25, -0.2) is 9.78 Å². The van der Waals surface area contributed by atoms with Crippen LogP contribution in [0.5, 0.6) is 5.75 Å². The van der Waals surface area contributed by atoms with Gasteiger partial charge in [-0.1, -0.05) is 48.5 Å². The van der Waals surface area contributed by atoms with Crippen molar-refractivity contribution in [1.82, 2.24) is 10.3 Å². The summed E-state index contributed by atoms with van der Waals surface area (Å²) in [7, 11) is -0.742. The lowest BCUT2D eigenvalue weighted by atomic mass is 9.77. The van der Waals surface area contributed by atoms with Gasteiger partial charge >= 0.3 is 13.2 Å². The number of hydrogen-bond acceptors (Lipinski definition) is 6. The highest BCUT2D eigenvalue weighted by molar-refractivity contribution is 9.10. The maximum Gasteiger partial charge on any atom is 0.492 e. The van der Waals surface area contributed by atoms with Gasteiger partial charge in [0.25, 0.3) is 0 Å². The molecule has 0 bridgehead atoms. The monoisotopic (exact) mass is 576 g/mol. The number of nitrogens with one attached hydrogen (secondary N) is 1.